The van der Waals surface area contributed by atoms with Crippen molar-refractivity contribution >= 4 is 48.5 Å². The highest BCUT2D eigenvalue weighted by Gasteiger charge is 2.21. The Labute approximate surface area is 158 Å². The molecule has 3 rings (SSSR count). The first-order valence-electron chi connectivity index (χ1n) is 7.72. The second-order valence-electron chi connectivity index (χ2n) is 5.88. The third kappa shape index (κ3) is 4.23. The van der Waals surface area contributed by atoms with E-state index in [4.69, 9.17) is 0 Å². The Balaban J connectivity index is 1.97. The summed E-state index contributed by atoms with van der Waals surface area (Å²) in [4.78, 5) is 21.2. The first kappa shape index (κ1) is 18.0. The number of rotatable bonds is 5. The number of carbonyl (C=O) groups is 1. The molecule has 2 aromatic carbocycles. The van der Waals surface area contributed by atoms with Crippen LogP contribution in [0, 0.1) is 5.82 Å². The summed E-state index contributed by atoms with van der Waals surface area (Å²) >= 11 is 4.93. The number of amides is 1. The van der Waals surface area contributed by atoms with Crippen molar-refractivity contribution in [1.82, 2.24) is 9.88 Å². The molecule has 0 bridgehead atoms. The molecular formula is C18H17BrFN3OS. The topological polar surface area (TPSA) is 36.4 Å². The Morgan fingerprint density at radius 1 is 1.16 bits per heavy atom. The molecule has 0 saturated carbocycles. The minimum Gasteiger partial charge on any atom is -0.308 e. The number of carbonyl (C=O) groups excluding carboxylic acids is 1. The number of fused-ring (bicyclic) bond motifs is 1. The van der Waals surface area contributed by atoms with Gasteiger partial charge in [0.15, 0.2) is 5.13 Å². The fraction of sp³-hybridized carbons (Fsp3) is 0.222. The second kappa shape index (κ2) is 7.59. The van der Waals surface area contributed by atoms with Gasteiger partial charge in [-0.1, -0.05) is 27.3 Å². The number of thiazole rings is 1. The summed E-state index contributed by atoms with van der Waals surface area (Å²) < 4.78 is 15.1. The molecule has 1 heterocycles. The number of hydrogen-bond acceptors (Lipinski definition) is 4. The van der Waals surface area contributed by atoms with E-state index >= 15 is 0 Å². The van der Waals surface area contributed by atoms with E-state index in [1.807, 2.05) is 37.2 Å². The minimum atomic E-state index is -0.360. The third-order valence-corrected chi connectivity index (χ3v) is 5.21. The summed E-state index contributed by atoms with van der Waals surface area (Å²) in [5.41, 5.74) is 1.30. The lowest BCUT2D eigenvalue weighted by molar-refractivity contribution is 0.0985. The number of likely N-dealkylation sites (N-methyl/N-ethyl adjacent to an activating group) is 1. The molecule has 130 valence electrons. The summed E-state index contributed by atoms with van der Waals surface area (Å²) in [7, 11) is 3.91. The molecule has 7 heteroatoms. The average molecular weight is 422 g/mol. The van der Waals surface area contributed by atoms with E-state index in [1.165, 1.54) is 35.6 Å². The van der Waals surface area contributed by atoms with Crippen molar-refractivity contribution in [2.75, 3.05) is 32.1 Å². The molecule has 0 N–H and O–H groups in total. The van der Waals surface area contributed by atoms with Gasteiger partial charge in [-0.25, -0.2) is 9.37 Å². The van der Waals surface area contributed by atoms with Crippen molar-refractivity contribution in [3.63, 3.8) is 0 Å². The molecule has 0 unspecified atom stereocenters. The van der Waals surface area contributed by atoms with E-state index in [9.17, 15) is 9.18 Å². The molecule has 0 aliphatic heterocycles. The quantitative estimate of drug-likeness (QED) is 0.612. The molecule has 0 aliphatic rings. The molecule has 1 amide bonds. The summed E-state index contributed by atoms with van der Waals surface area (Å²) in [5.74, 6) is -0.541. The fourth-order valence-corrected chi connectivity index (χ4v) is 3.88. The van der Waals surface area contributed by atoms with Gasteiger partial charge in [0.2, 0.25) is 0 Å². The predicted molar refractivity (Wildman–Crippen MR) is 104 cm³/mol. The maximum Gasteiger partial charge on any atom is 0.260 e. The van der Waals surface area contributed by atoms with Crippen molar-refractivity contribution < 1.29 is 9.18 Å². The fourth-order valence-electron chi connectivity index (χ4n) is 2.33. The summed E-state index contributed by atoms with van der Waals surface area (Å²) in [6, 6.07) is 11.4. The van der Waals surface area contributed by atoms with Crippen LogP contribution in [-0.4, -0.2) is 43.0 Å². The van der Waals surface area contributed by atoms with Crippen molar-refractivity contribution in [2.24, 2.45) is 0 Å². The zero-order valence-corrected chi connectivity index (χ0v) is 16.3. The van der Waals surface area contributed by atoms with Crippen LogP contribution in [0.25, 0.3) is 10.2 Å². The number of nitrogens with zero attached hydrogens (tertiary/aromatic N) is 3. The molecule has 25 heavy (non-hydrogen) atoms. The van der Waals surface area contributed by atoms with Gasteiger partial charge >= 0.3 is 0 Å². The molecule has 0 radical (unpaired) electrons. The molecule has 0 spiro atoms. The Hall–Kier alpha value is -1.83. The number of aromatic nitrogens is 1. The maximum atomic E-state index is 13.2. The van der Waals surface area contributed by atoms with Gasteiger partial charge in [-0.05, 0) is 56.6 Å². The Morgan fingerprint density at radius 2 is 1.88 bits per heavy atom. The van der Waals surface area contributed by atoms with Crippen molar-refractivity contribution in [2.45, 2.75) is 0 Å². The lowest BCUT2D eigenvalue weighted by Gasteiger charge is -2.22. The van der Waals surface area contributed by atoms with Crippen LogP contribution in [0.3, 0.4) is 0 Å². The van der Waals surface area contributed by atoms with Gasteiger partial charge < -0.3 is 4.90 Å². The van der Waals surface area contributed by atoms with Gasteiger partial charge in [-0.2, -0.15) is 0 Å². The van der Waals surface area contributed by atoms with Crippen molar-refractivity contribution in [3.05, 3.63) is 58.3 Å². The molecule has 0 saturated heterocycles. The van der Waals surface area contributed by atoms with Crippen LogP contribution in [0.4, 0.5) is 9.52 Å². The monoisotopic (exact) mass is 421 g/mol. The SMILES string of the molecule is CN(C)CCN(C(=O)c1ccc(F)cc1)c1nc2ccc(Br)cc2s1. The molecule has 3 aromatic rings. The highest BCUT2D eigenvalue weighted by atomic mass is 79.9. The van der Waals surface area contributed by atoms with Crippen LogP contribution in [-0.2, 0) is 0 Å². The zero-order valence-electron chi connectivity index (χ0n) is 13.9. The average Bonchev–Trinajstić information content (AvgIpc) is 2.98. The Bertz CT molecular complexity index is 895. The number of benzene rings is 2. The van der Waals surface area contributed by atoms with Crippen molar-refractivity contribution in [3.8, 4) is 0 Å². The number of hydrogen-bond donors (Lipinski definition) is 0. The lowest BCUT2D eigenvalue weighted by Crippen LogP contribution is -2.36. The molecule has 4 nitrogen and oxygen atoms in total. The number of halogens is 2. The normalized spacial score (nSPS) is 11.2. The van der Waals surface area contributed by atoms with Gasteiger partial charge in [0, 0.05) is 23.1 Å². The molecule has 0 aliphatic carbocycles. The zero-order chi connectivity index (χ0) is 18.0. The van der Waals surface area contributed by atoms with E-state index in [0.717, 1.165) is 14.7 Å². The Kier molecular flexibility index (Phi) is 5.46. The van der Waals surface area contributed by atoms with Gasteiger partial charge in [0.1, 0.15) is 5.82 Å². The van der Waals surface area contributed by atoms with Gasteiger partial charge in [0.25, 0.3) is 5.91 Å². The molecule has 0 atom stereocenters. The van der Waals surface area contributed by atoms with Gasteiger partial charge in [-0.15, -0.1) is 0 Å². The molecule has 0 fully saturated rings. The van der Waals surface area contributed by atoms with Crippen LogP contribution in [0.1, 0.15) is 10.4 Å². The lowest BCUT2D eigenvalue weighted by atomic mass is 10.2. The van der Waals surface area contributed by atoms with E-state index in [0.29, 0.717) is 23.8 Å². The second-order valence-corrected chi connectivity index (χ2v) is 7.80. The van der Waals surface area contributed by atoms with Gasteiger partial charge in [-0.3, -0.25) is 9.69 Å². The van der Waals surface area contributed by atoms with Crippen molar-refractivity contribution in [1.29, 1.82) is 0 Å². The van der Waals surface area contributed by atoms with Gasteiger partial charge in [0.05, 0.1) is 10.2 Å². The van der Waals surface area contributed by atoms with E-state index < -0.39 is 0 Å². The summed E-state index contributed by atoms with van der Waals surface area (Å²) in [6.07, 6.45) is 0. The smallest absolute Gasteiger partial charge is 0.260 e. The van der Waals surface area contributed by atoms with Crippen LogP contribution < -0.4 is 4.90 Å². The predicted octanol–water partition coefficient (Wildman–Crippen LogP) is 4.41. The van der Waals surface area contributed by atoms with E-state index in [2.05, 4.69) is 20.9 Å². The van der Waals surface area contributed by atoms with Crippen LogP contribution >= 0.6 is 27.3 Å². The molecular weight excluding hydrogens is 405 g/mol. The van der Waals surface area contributed by atoms with E-state index in [1.54, 1.807) is 4.90 Å². The Morgan fingerprint density at radius 3 is 2.56 bits per heavy atom. The third-order valence-electron chi connectivity index (χ3n) is 3.68. The van der Waals surface area contributed by atoms with Crippen LogP contribution in [0.15, 0.2) is 46.9 Å². The highest BCUT2D eigenvalue weighted by Crippen LogP contribution is 2.31. The molecule has 1 aromatic heterocycles. The summed E-state index contributed by atoms with van der Waals surface area (Å²) in [6.45, 7) is 1.21. The maximum absolute atomic E-state index is 13.2. The standard InChI is InChI=1S/C18H17BrFN3OS/c1-22(2)9-10-23(17(24)12-3-6-14(20)7-4-12)18-21-15-8-5-13(19)11-16(15)25-18/h3-8,11H,9-10H2,1-2H3. The minimum absolute atomic E-state index is 0.181. The highest BCUT2D eigenvalue weighted by molar-refractivity contribution is 9.10. The number of anilines is 1. The summed E-state index contributed by atoms with van der Waals surface area (Å²) in [5, 5.41) is 0.643. The van der Waals surface area contributed by atoms with E-state index in [-0.39, 0.29) is 11.7 Å². The van der Waals surface area contributed by atoms with Crippen LogP contribution in [0.5, 0.6) is 0 Å². The first-order valence-corrected chi connectivity index (χ1v) is 9.33. The first-order chi connectivity index (χ1) is 11.9. The largest absolute Gasteiger partial charge is 0.308 e. The van der Waals surface area contributed by atoms with Crippen LogP contribution in [0.2, 0.25) is 0 Å².